The van der Waals surface area contributed by atoms with Gasteiger partial charge in [0, 0.05) is 6.04 Å². The molecule has 100 valence electrons. The van der Waals surface area contributed by atoms with Gasteiger partial charge in [-0.2, -0.15) is 0 Å². The molecule has 1 atom stereocenters. The maximum atomic E-state index is 12.3. The lowest BCUT2D eigenvalue weighted by Gasteiger charge is -2.26. The molecule has 0 spiro atoms. The van der Waals surface area contributed by atoms with Gasteiger partial charge < -0.3 is 15.1 Å². The van der Waals surface area contributed by atoms with Crippen LogP contribution >= 0.6 is 0 Å². The van der Waals surface area contributed by atoms with Crippen molar-refractivity contribution in [2.24, 2.45) is 11.7 Å². The Labute approximate surface area is 108 Å². The lowest BCUT2D eigenvalue weighted by atomic mass is 10.0. The smallest absolute Gasteiger partial charge is 0.240 e. The topological polar surface area (TPSA) is 59.5 Å². The summed E-state index contributed by atoms with van der Waals surface area (Å²) in [7, 11) is 0. The fourth-order valence-corrected chi connectivity index (χ4v) is 1.99. The first-order valence-corrected chi connectivity index (χ1v) is 6.60. The molecular formula is C14H22N2O2. The fraction of sp³-hybridized carbons (Fsp3) is 0.643. The number of amides is 1. The summed E-state index contributed by atoms with van der Waals surface area (Å²) in [6.07, 6.45) is 2.16. The van der Waals surface area contributed by atoms with Crippen LogP contribution in [0.3, 0.4) is 0 Å². The Morgan fingerprint density at radius 2 is 2.17 bits per heavy atom. The Balaban J connectivity index is 2.06. The molecule has 4 nitrogen and oxygen atoms in total. The van der Waals surface area contributed by atoms with Crippen LogP contribution in [0.4, 0.5) is 0 Å². The molecule has 2 rings (SSSR count). The molecule has 1 heterocycles. The molecule has 0 aliphatic heterocycles. The van der Waals surface area contributed by atoms with Gasteiger partial charge in [0.2, 0.25) is 5.91 Å². The van der Waals surface area contributed by atoms with E-state index in [9.17, 15) is 4.79 Å². The van der Waals surface area contributed by atoms with Crippen molar-refractivity contribution in [1.29, 1.82) is 0 Å². The van der Waals surface area contributed by atoms with Crippen molar-refractivity contribution in [2.75, 3.05) is 0 Å². The van der Waals surface area contributed by atoms with E-state index in [0.29, 0.717) is 12.6 Å². The first-order chi connectivity index (χ1) is 8.49. The molecule has 1 aliphatic rings. The molecule has 18 heavy (non-hydrogen) atoms. The fourth-order valence-electron chi connectivity index (χ4n) is 1.99. The maximum Gasteiger partial charge on any atom is 0.240 e. The Morgan fingerprint density at radius 1 is 1.50 bits per heavy atom. The minimum atomic E-state index is -0.415. The number of rotatable bonds is 5. The molecular weight excluding hydrogens is 228 g/mol. The molecule has 1 aromatic rings. The van der Waals surface area contributed by atoms with Gasteiger partial charge in [-0.3, -0.25) is 4.79 Å². The average Bonchev–Trinajstić information content (AvgIpc) is 3.08. The van der Waals surface area contributed by atoms with Crippen LogP contribution in [0.25, 0.3) is 0 Å². The third-order valence-electron chi connectivity index (χ3n) is 3.40. The lowest BCUT2D eigenvalue weighted by molar-refractivity contribution is -0.135. The highest BCUT2D eigenvalue weighted by molar-refractivity contribution is 5.82. The summed E-state index contributed by atoms with van der Waals surface area (Å²) in [5.74, 6) is 1.92. The highest BCUT2D eigenvalue weighted by Crippen LogP contribution is 2.29. The van der Waals surface area contributed by atoms with Crippen LogP contribution in [0.15, 0.2) is 16.5 Å². The Bertz CT molecular complexity index is 421. The van der Waals surface area contributed by atoms with Gasteiger partial charge in [0.25, 0.3) is 0 Å². The predicted molar refractivity (Wildman–Crippen MR) is 69.8 cm³/mol. The minimum Gasteiger partial charge on any atom is -0.464 e. The lowest BCUT2D eigenvalue weighted by Crippen LogP contribution is -2.47. The zero-order valence-corrected chi connectivity index (χ0v) is 11.3. The molecule has 0 aromatic carbocycles. The Hall–Kier alpha value is -1.29. The Morgan fingerprint density at radius 3 is 2.61 bits per heavy atom. The quantitative estimate of drug-likeness (QED) is 0.870. The van der Waals surface area contributed by atoms with Crippen LogP contribution in [0.5, 0.6) is 0 Å². The zero-order chi connectivity index (χ0) is 13.3. The number of hydrogen-bond acceptors (Lipinski definition) is 3. The van der Waals surface area contributed by atoms with Crippen LogP contribution in [0, 0.1) is 12.8 Å². The highest BCUT2D eigenvalue weighted by Gasteiger charge is 2.35. The second kappa shape index (κ2) is 5.14. The van der Waals surface area contributed by atoms with Gasteiger partial charge in [-0.25, -0.2) is 0 Å². The molecule has 0 unspecified atom stereocenters. The first kappa shape index (κ1) is 13.1. The molecule has 1 aromatic heterocycles. The molecule has 1 saturated carbocycles. The second-order valence-electron chi connectivity index (χ2n) is 5.48. The van der Waals surface area contributed by atoms with Crippen molar-refractivity contribution in [1.82, 2.24) is 4.90 Å². The molecule has 4 heteroatoms. The predicted octanol–water partition coefficient (Wildman–Crippen LogP) is 2.06. The summed E-state index contributed by atoms with van der Waals surface area (Å²) in [6.45, 7) is 6.40. The maximum absolute atomic E-state index is 12.3. The molecule has 2 N–H and O–H groups in total. The number of carbonyl (C=O) groups is 1. The van der Waals surface area contributed by atoms with Crippen molar-refractivity contribution in [2.45, 2.75) is 52.2 Å². The van der Waals surface area contributed by atoms with E-state index in [1.54, 1.807) is 0 Å². The summed E-state index contributed by atoms with van der Waals surface area (Å²) in [4.78, 5) is 14.2. The largest absolute Gasteiger partial charge is 0.464 e. The zero-order valence-electron chi connectivity index (χ0n) is 11.3. The third-order valence-corrected chi connectivity index (χ3v) is 3.40. The molecule has 1 aliphatic carbocycles. The van der Waals surface area contributed by atoms with Crippen molar-refractivity contribution in [3.05, 3.63) is 23.7 Å². The number of furan rings is 1. The number of nitrogens with two attached hydrogens (primary N) is 1. The van der Waals surface area contributed by atoms with E-state index in [1.807, 2.05) is 37.8 Å². The summed E-state index contributed by atoms with van der Waals surface area (Å²) < 4.78 is 5.55. The third kappa shape index (κ3) is 2.93. The number of hydrogen-bond donors (Lipinski definition) is 1. The van der Waals surface area contributed by atoms with E-state index >= 15 is 0 Å². The summed E-state index contributed by atoms with van der Waals surface area (Å²) in [5.41, 5.74) is 5.96. The monoisotopic (exact) mass is 250 g/mol. The van der Waals surface area contributed by atoms with Gasteiger partial charge >= 0.3 is 0 Å². The van der Waals surface area contributed by atoms with Crippen LogP contribution < -0.4 is 5.73 Å². The second-order valence-corrected chi connectivity index (χ2v) is 5.48. The number of carbonyl (C=O) groups excluding carboxylic acids is 1. The van der Waals surface area contributed by atoms with Crippen molar-refractivity contribution in [3.63, 3.8) is 0 Å². The van der Waals surface area contributed by atoms with Crippen LogP contribution in [-0.2, 0) is 11.3 Å². The van der Waals surface area contributed by atoms with Crippen LogP contribution in [0.2, 0.25) is 0 Å². The number of nitrogens with zero attached hydrogens (tertiary/aromatic N) is 1. The normalized spacial score (nSPS) is 16.9. The number of aryl methyl sites for hydroxylation is 1. The molecule has 0 bridgehead atoms. The average molecular weight is 250 g/mol. The highest BCUT2D eigenvalue weighted by atomic mass is 16.3. The summed E-state index contributed by atoms with van der Waals surface area (Å²) in [6, 6.07) is 3.79. The van der Waals surface area contributed by atoms with Crippen molar-refractivity contribution in [3.8, 4) is 0 Å². The van der Waals surface area contributed by atoms with E-state index in [0.717, 1.165) is 24.4 Å². The molecule has 1 amide bonds. The summed E-state index contributed by atoms with van der Waals surface area (Å²) >= 11 is 0. The van der Waals surface area contributed by atoms with E-state index in [4.69, 9.17) is 10.2 Å². The van der Waals surface area contributed by atoms with E-state index < -0.39 is 6.04 Å². The molecule has 0 radical (unpaired) electrons. The van der Waals surface area contributed by atoms with Gasteiger partial charge in [-0.05, 0) is 37.8 Å². The SMILES string of the molecule is Cc1ccc(CN(C(=O)[C@@H](N)C(C)C)C2CC2)o1. The standard InChI is InChI=1S/C14H22N2O2/c1-9(2)13(15)14(17)16(11-5-6-11)8-12-7-4-10(3)18-12/h4,7,9,11,13H,5-6,8,15H2,1-3H3/t13-/m0/s1. The van der Waals surface area contributed by atoms with Gasteiger partial charge in [-0.1, -0.05) is 13.8 Å². The van der Waals surface area contributed by atoms with Gasteiger partial charge in [0.15, 0.2) is 0 Å². The van der Waals surface area contributed by atoms with Crippen molar-refractivity contribution < 1.29 is 9.21 Å². The van der Waals surface area contributed by atoms with Crippen molar-refractivity contribution >= 4 is 5.91 Å². The Kier molecular flexibility index (Phi) is 3.76. The van der Waals surface area contributed by atoms with Gasteiger partial charge in [0.05, 0.1) is 12.6 Å². The first-order valence-electron chi connectivity index (χ1n) is 6.60. The van der Waals surface area contributed by atoms with Gasteiger partial charge in [0.1, 0.15) is 11.5 Å². The summed E-state index contributed by atoms with van der Waals surface area (Å²) in [5, 5.41) is 0. The van der Waals surface area contributed by atoms with Crippen LogP contribution in [0.1, 0.15) is 38.2 Å². The van der Waals surface area contributed by atoms with Crippen LogP contribution in [-0.4, -0.2) is 22.9 Å². The molecule has 0 saturated heterocycles. The molecule has 1 fully saturated rings. The van der Waals surface area contributed by atoms with E-state index in [2.05, 4.69) is 0 Å². The minimum absolute atomic E-state index is 0.0431. The van der Waals surface area contributed by atoms with E-state index in [1.165, 1.54) is 0 Å². The van der Waals surface area contributed by atoms with Gasteiger partial charge in [-0.15, -0.1) is 0 Å². The van der Waals surface area contributed by atoms with E-state index in [-0.39, 0.29) is 11.8 Å².